The van der Waals surface area contributed by atoms with Gasteiger partial charge in [-0.2, -0.15) is 0 Å². The van der Waals surface area contributed by atoms with Gasteiger partial charge in [0.15, 0.2) is 0 Å². The van der Waals surface area contributed by atoms with Gasteiger partial charge in [-0.1, -0.05) is 12.8 Å². The molecule has 1 saturated carbocycles. The van der Waals surface area contributed by atoms with E-state index in [-0.39, 0.29) is 0 Å². The molecule has 2 aliphatic rings. The van der Waals surface area contributed by atoms with Gasteiger partial charge in [-0.25, -0.2) is 4.98 Å². The molecule has 3 unspecified atom stereocenters. The number of nitrogens with zero attached hydrogens (tertiary/aromatic N) is 1. The summed E-state index contributed by atoms with van der Waals surface area (Å²) in [4.78, 5) is 4.48. The molecule has 1 aliphatic carbocycles. The summed E-state index contributed by atoms with van der Waals surface area (Å²) in [5, 5.41) is 10.7. The van der Waals surface area contributed by atoms with Crippen LogP contribution in [0.3, 0.4) is 0 Å². The van der Waals surface area contributed by atoms with Crippen molar-refractivity contribution in [2.75, 3.05) is 6.54 Å². The van der Waals surface area contributed by atoms with Gasteiger partial charge in [-0.3, -0.25) is 0 Å². The minimum atomic E-state index is 0.680. The standard InChI is InChI=1S/C14H23N3S/c1-10-9-18-14(16-10)8-15-7-12-6-11-4-2-3-5-13(11)17-12/h9,11-13,15,17H,2-8H2,1H3. The van der Waals surface area contributed by atoms with Crippen molar-refractivity contribution in [3.63, 3.8) is 0 Å². The van der Waals surface area contributed by atoms with Crippen molar-refractivity contribution < 1.29 is 0 Å². The summed E-state index contributed by atoms with van der Waals surface area (Å²) in [6, 6.07) is 1.49. The molecule has 4 heteroatoms. The number of hydrogen-bond donors (Lipinski definition) is 2. The van der Waals surface area contributed by atoms with Crippen molar-refractivity contribution in [1.29, 1.82) is 0 Å². The lowest BCUT2D eigenvalue weighted by Crippen LogP contribution is -2.38. The molecule has 1 aliphatic heterocycles. The van der Waals surface area contributed by atoms with Crippen molar-refractivity contribution in [3.8, 4) is 0 Å². The van der Waals surface area contributed by atoms with Gasteiger partial charge >= 0.3 is 0 Å². The van der Waals surface area contributed by atoms with E-state index in [0.717, 1.165) is 30.7 Å². The quantitative estimate of drug-likeness (QED) is 0.878. The minimum Gasteiger partial charge on any atom is -0.310 e. The second-order valence-electron chi connectivity index (χ2n) is 5.76. The van der Waals surface area contributed by atoms with Crippen LogP contribution in [0.2, 0.25) is 0 Å². The van der Waals surface area contributed by atoms with Crippen molar-refractivity contribution in [1.82, 2.24) is 15.6 Å². The second-order valence-corrected chi connectivity index (χ2v) is 6.71. The highest BCUT2D eigenvalue weighted by Crippen LogP contribution is 2.32. The fourth-order valence-electron chi connectivity index (χ4n) is 3.42. The minimum absolute atomic E-state index is 0.680. The maximum absolute atomic E-state index is 4.48. The Morgan fingerprint density at radius 3 is 3.11 bits per heavy atom. The maximum atomic E-state index is 4.48. The van der Waals surface area contributed by atoms with Gasteiger partial charge in [-0.15, -0.1) is 11.3 Å². The number of aryl methyl sites for hydroxylation is 1. The Hall–Kier alpha value is -0.450. The van der Waals surface area contributed by atoms with Gasteiger partial charge in [0.05, 0.1) is 0 Å². The lowest BCUT2D eigenvalue weighted by molar-refractivity contribution is 0.325. The topological polar surface area (TPSA) is 37.0 Å². The van der Waals surface area contributed by atoms with E-state index in [0.29, 0.717) is 6.04 Å². The predicted molar refractivity (Wildman–Crippen MR) is 75.8 cm³/mol. The third-order valence-electron chi connectivity index (χ3n) is 4.28. The summed E-state index contributed by atoms with van der Waals surface area (Å²) in [6.45, 7) is 4.07. The van der Waals surface area contributed by atoms with E-state index in [4.69, 9.17) is 0 Å². The Bertz CT molecular complexity index is 376. The van der Waals surface area contributed by atoms with Gasteiger partial charge in [0.1, 0.15) is 5.01 Å². The SMILES string of the molecule is Cc1csc(CNCC2CC3CCCCC3N2)n1. The first-order chi connectivity index (χ1) is 8.81. The van der Waals surface area contributed by atoms with Crippen LogP contribution < -0.4 is 10.6 Å². The van der Waals surface area contributed by atoms with E-state index in [1.165, 1.54) is 37.1 Å². The smallest absolute Gasteiger partial charge is 0.107 e. The largest absolute Gasteiger partial charge is 0.310 e. The first-order valence-corrected chi connectivity index (χ1v) is 8.07. The van der Waals surface area contributed by atoms with Gasteiger partial charge in [0.2, 0.25) is 0 Å². The molecule has 2 N–H and O–H groups in total. The zero-order chi connectivity index (χ0) is 12.4. The highest BCUT2D eigenvalue weighted by molar-refractivity contribution is 7.09. The van der Waals surface area contributed by atoms with Crippen LogP contribution in [0.15, 0.2) is 5.38 Å². The number of rotatable bonds is 4. The molecule has 1 aromatic rings. The average Bonchev–Trinajstić information content (AvgIpc) is 2.95. The van der Waals surface area contributed by atoms with Gasteiger partial charge < -0.3 is 10.6 Å². The summed E-state index contributed by atoms with van der Waals surface area (Å²) < 4.78 is 0. The molecule has 0 amide bonds. The van der Waals surface area contributed by atoms with E-state index in [1.807, 2.05) is 0 Å². The maximum Gasteiger partial charge on any atom is 0.107 e. The first kappa shape index (κ1) is 12.6. The van der Waals surface area contributed by atoms with Gasteiger partial charge in [0, 0.05) is 36.2 Å². The van der Waals surface area contributed by atoms with Crippen molar-refractivity contribution >= 4 is 11.3 Å². The molecule has 2 heterocycles. The summed E-state index contributed by atoms with van der Waals surface area (Å²) in [5.74, 6) is 0.952. The normalized spacial score (nSPS) is 31.5. The lowest BCUT2D eigenvalue weighted by Gasteiger charge is -2.24. The number of hydrogen-bond acceptors (Lipinski definition) is 4. The van der Waals surface area contributed by atoms with Crippen LogP contribution in [0, 0.1) is 12.8 Å². The number of aromatic nitrogens is 1. The second kappa shape index (κ2) is 5.68. The monoisotopic (exact) mass is 265 g/mol. The first-order valence-electron chi connectivity index (χ1n) is 7.19. The molecule has 2 fully saturated rings. The summed E-state index contributed by atoms with van der Waals surface area (Å²) >= 11 is 1.76. The molecule has 0 aromatic carbocycles. The van der Waals surface area contributed by atoms with E-state index in [1.54, 1.807) is 11.3 Å². The van der Waals surface area contributed by atoms with Crippen molar-refractivity contribution in [2.45, 2.75) is 57.7 Å². The number of fused-ring (bicyclic) bond motifs is 1. The third kappa shape index (κ3) is 2.92. The Labute approximate surface area is 113 Å². The van der Waals surface area contributed by atoms with Crippen LogP contribution in [0.25, 0.3) is 0 Å². The van der Waals surface area contributed by atoms with E-state index < -0.39 is 0 Å². The summed E-state index contributed by atoms with van der Waals surface area (Å²) in [6.07, 6.45) is 7.08. The summed E-state index contributed by atoms with van der Waals surface area (Å²) in [5.41, 5.74) is 1.14. The Balaban J connectivity index is 1.41. The predicted octanol–water partition coefficient (Wildman–Crippen LogP) is 2.46. The van der Waals surface area contributed by atoms with Crippen LogP contribution in [0.1, 0.15) is 42.8 Å². The highest BCUT2D eigenvalue weighted by Gasteiger charge is 2.34. The fraction of sp³-hybridized carbons (Fsp3) is 0.786. The summed E-state index contributed by atoms with van der Waals surface area (Å²) in [7, 11) is 0. The third-order valence-corrected chi connectivity index (χ3v) is 5.25. The Morgan fingerprint density at radius 2 is 2.33 bits per heavy atom. The van der Waals surface area contributed by atoms with E-state index in [9.17, 15) is 0 Å². The molecule has 0 radical (unpaired) electrons. The molecule has 100 valence electrons. The molecule has 18 heavy (non-hydrogen) atoms. The van der Waals surface area contributed by atoms with Crippen molar-refractivity contribution in [3.05, 3.63) is 16.1 Å². The zero-order valence-corrected chi connectivity index (χ0v) is 11.9. The Morgan fingerprint density at radius 1 is 1.44 bits per heavy atom. The zero-order valence-electron chi connectivity index (χ0n) is 11.1. The molecule has 3 atom stereocenters. The molecule has 3 rings (SSSR count). The molecule has 1 saturated heterocycles. The number of thiazole rings is 1. The van der Waals surface area contributed by atoms with E-state index >= 15 is 0 Å². The Kier molecular flexibility index (Phi) is 3.97. The average molecular weight is 265 g/mol. The van der Waals surface area contributed by atoms with Gasteiger partial charge in [0.25, 0.3) is 0 Å². The lowest BCUT2D eigenvalue weighted by atomic mass is 9.85. The fourth-order valence-corrected chi connectivity index (χ4v) is 4.17. The molecule has 1 aromatic heterocycles. The van der Waals surface area contributed by atoms with Gasteiger partial charge in [-0.05, 0) is 32.1 Å². The van der Waals surface area contributed by atoms with Crippen LogP contribution in [0.4, 0.5) is 0 Å². The van der Waals surface area contributed by atoms with Crippen LogP contribution in [-0.2, 0) is 6.54 Å². The molecule has 0 bridgehead atoms. The molecular formula is C14H23N3S. The molecule has 0 spiro atoms. The number of nitrogens with one attached hydrogen (secondary N) is 2. The van der Waals surface area contributed by atoms with Crippen molar-refractivity contribution in [2.24, 2.45) is 5.92 Å². The van der Waals surface area contributed by atoms with Crippen LogP contribution >= 0.6 is 11.3 Å². The van der Waals surface area contributed by atoms with Crippen LogP contribution in [-0.4, -0.2) is 23.6 Å². The van der Waals surface area contributed by atoms with Crippen LogP contribution in [0.5, 0.6) is 0 Å². The highest BCUT2D eigenvalue weighted by atomic mass is 32.1. The van der Waals surface area contributed by atoms with E-state index in [2.05, 4.69) is 27.9 Å². The molecular weight excluding hydrogens is 242 g/mol. The molecule has 3 nitrogen and oxygen atoms in total.